The van der Waals surface area contributed by atoms with Gasteiger partial charge in [0.25, 0.3) is 0 Å². The Balaban J connectivity index is 4.67. The molecule has 26 heavy (non-hydrogen) atoms. The molecule has 4 amide bonds. The Labute approximate surface area is 155 Å². The van der Waals surface area contributed by atoms with E-state index < -0.39 is 60.7 Å². The van der Waals surface area contributed by atoms with Crippen molar-refractivity contribution in [2.45, 2.75) is 37.9 Å². The van der Waals surface area contributed by atoms with Crippen LogP contribution in [-0.2, 0) is 24.0 Å². The van der Waals surface area contributed by atoms with Crippen molar-refractivity contribution in [3.05, 3.63) is 0 Å². The number of nitrogens with two attached hydrogens (primary N) is 2. The minimum absolute atomic E-state index is 0.326. The Morgan fingerprint density at radius 3 is 2.15 bits per heavy atom. The van der Waals surface area contributed by atoms with Crippen LogP contribution < -0.4 is 27.4 Å². The van der Waals surface area contributed by atoms with Gasteiger partial charge in [-0.15, -0.1) is 0 Å². The molecule has 0 saturated heterocycles. The highest BCUT2D eigenvalue weighted by molar-refractivity contribution is 7.98. The molecule has 8 N–H and O–H groups in total. The van der Waals surface area contributed by atoms with Crippen LogP contribution >= 0.6 is 11.8 Å². The number of hydrogen-bond donors (Lipinski definition) is 6. The van der Waals surface area contributed by atoms with Crippen molar-refractivity contribution in [3.63, 3.8) is 0 Å². The van der Waals surface area contributed by atoms with E-state index in [2.05, 4.69) is 16.0 Å². The molecule has 0 rings (SSSR count). The molecule has 148 valence electrons. The lowest BCUT2D eigenvalue weighted by atomic mass is 10.2. The van der Waals surface area contributed by atoms with Gasteiger partial charge in [0.2, 0.25) is 23.6 Å². The van der Waals surface area contributed by atoms with Crippen molar-refractivity contribution in [1.82, 2.24) is 16.0 Å². The Bertz CT molecular complexity index is 542. The summed E-state index contributed by atoms with van der Waals surface area (Å²) < 4.78 is 0. The first-order valence-corrected chi connectivity index (χ1v) is 9.10. The van der Waals surface area contributed by atoms with Crippen molar-refractivity contribution < 1.29 is 29.1 Å². The van der Waals surface area contributed by atoms with Gasteiger partial charge in [-0.1, -0.05) is 0 Å². The Morgan fingerprint density at radius 1 is 1.08 bits per heavy atom. The van der Waals surface area contributed by atoms with Gasteiger partial charge in [-0.25, -0.2) is 4.79 Å². The predicted octanol–water partition coefficient (Wildman–Crippen LogP) is -2.87. The molecule has 11 nitrogen and oxygen atoms in total. The van der Waals surface area contributed by atoms with E-state index in [9.17, 15) is 24.0 Å². The monoisotopic (exact) mass is 391 g/mol. The predicted molar refractivity (Wildman–Crippen MR) is 95.0 cm³/mol. The maximum atomic E-state index is 12.2. The second-order valence-corrected chi connectivity index (χ2v) is 6.46. The van der Waals surface area contributed by atoms with E-state index in [4.69, 9.17) is 16.6 Å². The molecule has 0 aliphatic rings. The van der Waals surface area contributed by atoms with Crippen molar-refractivity contribution in [1.29, 1.82) is 0 Å². The van der Waals surface area contributed by atoms with Gasteiger partial charge in [-0.2, -0.15) is 11.8 Å². The number of primary amides is 1. The second-order valence-electron chi connectivity index (χ2n) is 5.48. The minimum atomic E-state index is -1.48. The van der Waals surface area contributed by atoms with Crippen molar-refractivity contribution in [2.75, 3.05) is 18.6 Å². The molecule has 0 saturated carbocycles. The highest BCUT2D eigenvalue weighted by Gasteiger charge is 2.24. The largest absolute Gasteiger partial charge is 0.480 e. The number of nitrogens with one attached hydrogen (secondary N) is 3. The van der Waals surface area contributed by atoms with Crippen LogP contribution in [0, 0.1) is 0 Å². The Kier molecular flexibility index (Phi) is 11.0. The third-order valence-electron chi connectivity index (χ3n) is 3.12. The summed E-state index contributed by atoms with van der Waals surface area (Å²) in [6.07, 6.45) is 1.59. The number of carbonyl (C=O) groups excluding carboxylic acids is 4. The first kappa shape index (κ1) is 23.7. The average Bonchev–Trinajstić information content (AvgIpc) is 2.54. The molecule has 3 atom stereocenters. The minimum Gasteiger partial charge on any atom is -0.480 e. The standard InChI is InChI=1S/C14H25N5O6S/c1-7(15)12(22)19-8(3-4-26-2)13(23)17-6-11(21)18-9(14(24)25)5-10(16)20/h7-9H,3-6,15H2,1-2H3,(H2,16,20)(H,17,23)(H,18,21)(H,19,22)(H,24,25). The zero-order valence-corrected chi connectivity index (χ0v) is 15.4. The van der Waals surface area contributed by atoms with E-state index in [1.807, 2.05) is 6.26 Å². The van der Waals surface area contributed by atoms with Crippen molar-refractivity contribution in [3.8, 4) is 0 Å². The maximum absolute atomic E-state index is 12.2. The molecule has 3 unspecified atom stereocenters. The van der Waals surface area contributed by atoms with Crippen LogP contribution in [0.1, 0.15) is 19.8 Å². The summed E-state index contributed by atoms with van der Waals surface area (Å²) in [4.78, 5) is 57.3. The lowest BCUT2D eigenvalue weighted by Crippen LogP contribution is -2.53. The van der Waals surface area contributed by atoms with Crippen molar-refractivity contribution in [2.24, 2.45) is 11.5 Å². The van der Waals surface area contributed by atoms with Crippen LogP contribution in [0.15, 0.2) is 0 Å². The quantitative estimate of drug-likeness (QED) is 0.204. The number of aliphatic carboxylic acids is 1. The van der Waals surface area contributed by atoms with E-state index in [-0.39, 0.29) is 0 Å². The van der Waals surface area contributed by atoms with Gasteiger partial charge < -0.3 is 32.5 Å². The summed E-state index contributed by atoms with van der Waals surface area (Å²) in [5.41, 5.74) is 10.4. The average molecular weight is 391 g/mol. The molecule has 0 spiro atoms. The van der Waals surface area contributed by atoms with E-state index in [0.717, 1.165) is 0 Å². The Hall–Kier alpha value is -2.34. The summed E-state index contributed by atoms with van der Waals surface area (Å²) in [6, 6.07) is -3.16. The molecule has 0 radical (unpaired) electrons. The molecule has 0 aromatic rings. The molecular weight excluding hydrogens is 366 g/mol. The molecule has 0 aromatic heterocycles. The molecule has 0 fully saturated rings. The third-order valence-corrected chi connectivity index (χ3v) is 3.76. The first-order valence-electron chi connectivity index (χ1n) is 7.71. The normalized spacial score (nSPS) is 13.8. The Morgan fingerprint density at radius 2 is 1.69 bits per heavy atom. The van der Waals surface area contributed by atoms with Crippen LogP contribution in [0.25, 0.3) is 0 Å². The number of rotatable bonds is 12. The number of carboxylic acid groups (broad SMARTS) is 1. The molecule has 0 bridgehead atoms. The van der Waals surface area contributed by atoms with Gasteiger partial charge in [0.15, 0.2) is 0 Å². The van der Waals surface area contributed by atoms with Gasteiger partial charge in [-0.05, 0) is 25.4 Å². The fraction of sp³-hybridized carbons (Fsp3) is 0.643. The summed E-state index contributed by atoms with van der Waals surface area (Å²) >= 11 is 1.47. The molecule has 0 heterocycles. The van der Waals surface area contributed by atoms with Crippen LogP contribution in [0.2, 0.25) is 0 Å². The zero-order chi connectivity index (χ0) is 20.3. The SMILES string of the molecule is CSCCC(NC(=O)C(C)N)C(=O)NCC(=O)NC(CC(N)=O)C(=O)O. The first-order chi connectivity index (χ1) is 12.1. The lowest BCUT2D eigenvalue weighted by molar-refractivity contribution is -0.143. The van der Waals surface area contributed by atoms with Gasteiger partial charge in [0.05, 0.1) is 19.0 Å². The number of carboxylic acids is 1. The van der Waals surface area contributed by atoms with E-state index in [1.54, 1.807) is 0 Å². The molecule has 12 heteroatoms. The molecular formula is C14H25N5O6S. The molecule has 0 aliphatic heterocycles. The van der Waals surface area contributed by atoms with Gasteiger partial charge in [0.1, 0.15) is 12.1 Å². The van der Waals surface area contributed by atoms with Gasteiger partial charge in [0, 0.05) is 0 Å². The number of hydrogen-bond acceptors (Lipinski definition) is 7. The zero-order valence-electron chi connectivity index (χ0n) is 14.6. The van der Waals surface area contributed by atoms with Crippen LogP contribution in [0.5, 0.6) is 0 Å². The van der Waals surface area contributed by atoms with Gasteiger partial charge >= 0.3 is 5.97 Å². The lowest BCUT2D eigenvalue weighted by Gasteiger charge is -2.19. The topological polar surface area (TPSA) is 194 Å². The van der Waals surface area contributed by atoms with Crippen LogP contribution in [0.4, 0.5) is 0 Å². The fourth-order valence-electron chi connectivity index (χ4n) is 1.74. The highest BCUT2D eigenvalue weighted by Crippen LogP contribution is 2.01. The summed E-state index contributed by atoms with van der Waals surface area (Å²) in [5, 5.41) is 15.8. The number of thioether (sulfide) groups is 1. The molecule has 0 aromatic carbocycles. The second kappa shape index (κ2) is 12.1. The smallest absolute Gasteiger partial charge is 0.326 e. The van der Waals surface area contributed by atoms with Crippen LogP contribution in [0.3, 0.4) is 0 Å². The highest BCUT2D eigenvalue weighted by atomic mass is 32.2. The van der Waals surface area contributed by atoms with Gasteiger partial charge in [-0.3, -0.25) is 19.2 Å². The summed E-state index contributed by atoms with van der Waals surface area (Å²) in [7, 11) is 0. The van der Waals surface area contributed by atoms with Crippen LogP contribution in [-0.4, -0.2) is 71.4 Å². The number of amides is 4. The fourth-order valence-corrected chi connectivity index (χ4v) is 2.22. The maximum Gasteiger partial charge on any atom is 0.326 e. The summed E-state index contributed by atoms with van der Waals surface area (Å²) in [6.45, 7) is 0.947. The van der Waals surface area contributed by atoms with Crippen molar-refractivity contribution >= 4 is 41.4 Å². The summed E-state index contributed by atoms with van der Waals surface area (Å²) in [5.74, 6) is -3.66. The third kappa shape index (κ3) is 9.84. The van der Waals surface area contributed by atoms with E-state index in [1.165, 1.54) is 18.7 Å². The van der Waals surface area contributed by atoms with E-state index >= 15 is 0 Å². The molecule has 0 aliphatic carbocycles. The van der Waals surface area contributed by atoms with E-state index in [0.29, 0.717) is 12.2 Å². The number of carbonyl (C=O) groups is 5.